The molecule has 0 radical (unpaired) electrons. The molecular weight excluding hydrogens is 138 g/mol. The van der Waals surface area contributed by atoms with Crippen LogP contribution in [-0.2, 0) is 0 Å². The van der Waals surface area contributed by atoms with Crippen molar-refractivity contribution >= 4 is 0 Å². The molecule has 1 rings (SSSR count). The van der Waals surface area contributed by atoms with Crippen LogP contribution in [0.4, 0.5) is 0 Å². The van der Waals surface area contributed by atoms with Gasteiger partial charge in [-0.3, -0.25) is 4.90 Å². The quantitative estimate of drug-likeness (QED) is 0.649. The Morgan fingerprint density at radius 1 is 1.36 bits per heavy atom. The Kier molecular flexibility index (Phi) is 3.87. The molecule has 0 aliphatic heterocycles. The van der Waals surface area contributed by atoms with E-state index in [1.54, 1.807) is 0 Å². The topological polar surface area (TPSA) is 23.5 Å². The third-order valence-electron chi connectivity index (χ3n) is 2.49. The third-order valence-corrected chi connectivity index (χ3v) is 2.49. The second-order valence-electron chi connectivity index (χ2n) is 3.34. The van der Waals surface area contributed by atoms with E-state index in [0.29, 0.717) is 6.61 Å². The average Bonchev–Trinajstić information content (AvgIpc) is 1.85. The van der Waals surface area contributed by atoms with E-state index >= 15 is 0 Å². The molecular formula is C9H19NO. The highest BCUT2D eigenvalue weighted by atomic mass is 16.3. The van der Waals surface area contributed by atoms with Crippen LogP contribution in [0.3, 0.4) is 0 Å². The van der Waals surface area contributed by atoms with E-state index < -0.39 is 0 Å². The standard InChI is InChI=1S/C9H19NO/c1-2-6-10(7-8-11)9-4-3-5-9/h9,11H,2-8H2,1H3. The van der Waals surface area contributed by atoms with Crippen molar-refractivity contribution in [3.05, 3.63) is 0 Å². The molecule has 0 aromatic heterocycles. The van der Waals surface area contributed by atoms with Crippen LogP contribution in [0.2, 0.25) is 0 Å². The maximum Gasteiger partial charge on any atom is 0.0558 e. The first-order valence-corrected chi connectivity index (χ1v) is 4.73. The number of hydrogen-bond donors (Lipinski definition) is 1. The van der Waals surface area contributed by atoms with Gasteiger partial charge in [-0.15, -0.1) is 0 Å². The minimum absolute atomic E-state index is 0.316. The summed E-state index contributed by atoms with van der Waals surface area (Å²) in [7, 11) is 0. The molecule has 2 nitrogen and oxygen atoms in total. The lowest BCUT2D eigenvalue weighted by Crippen LogP contribution is -2.42. The summed E-state index contributed by atoms with van der Waals surface area (Å²) in [6, 6.07) is 0.794. The highest BCUT2D eigenvalue weighted by Gasteiger charge is 2.23. The van der Waals surface area contributed by atoms with Gasteiger partial charge in [0.1, 0.15) is 0 Å². The maximum atomic E-state index is 8.79. The highest BCUT2D eigenvalue weighted by Crippen LogP contribution is 2.24. The van der Waals surface area contributed by atoms with E-state index in [1.165, 1.54) is 25.7 Å². The van der Waals surface area contributed by atoms with Crippen LogP contribution in [0.15, 0.2) is 0 Å². The molecule has 2 heteroatoms. The normalized spacial score (nSPS) is 18.8. The van der Waals surface area contributed by atoms with Crippen LogP contribution in [0.25, 0.3) is 0 Å². The van der Waals surface area contributed by atoms with E-state index in [1.807, 2.05) is 0 Å². The Bertz CT molecular complexity index is 95.7. The van der Waals surface area contributed by atoms with E-state index in [2.05, 4.69) is 11.8 Å². The van der Waals surface area contributed by atoms with E-state index in [9.17, 15) is 0 Å². The van der Waals surface area contributed by atoms with Crippen LogP contribution in [0.5, 0.6) is 0 Å². The average molecular weight is 157 g/mol. The molecule has 1 N–H and O–H groups in total. The van der Waals surface area contributed by atoms with Gasteiger partial charge in [0.05, 0.1) is 6.61 Å². The summed E-state index contributed by atoms with van der Waals surface area (Å²) in [5.41, 5.74) is 0. The molecule has 1 aliphatic rings. The Labute approximate surface area is 69.2 Å². The minimum atomic E-state index is 0.316. The molecule has 66 valence electrons. The van der Waals surface area contributed by atoms with Gasteiger partial charge in [-0.05, 0) is 25.8 Å². The van der Waals surface area contributed by atoms with Crippen LogP contribution >= 0.6 is 0 Å². The van der Waals surface area contributed by atoms with Crippen molar-refractivity contribution in [2.75, 3.05) is 19.7 Å². The van der Waals surface area contributed by atoms with Crippen LogP contribution in [0, 0.1) is 0 Å². The molecule has 0 spiro atoms. The minimum Gasteiger partial charge on any atom is -0.395 e. The Morgan fingerprint density at radius 3 is 2.45 bits per heavy atom. The smallest absolute Gasteiger partial charge is 0.0558 e. The molecule has 0 heterocycles. The van der Waals surface area contributed by atoms with E-state index in [-0.39, 0.29) is 0 Å². The summed E-state index contributed by atoms with van der Waals surface area (Å²) < 4.78 is 0. The van der Waals surface area contributed by atoms with Crippen molar-refractivity contribution in [2.24, 2.45) is 0 Å². The first-order chi connectivity index (χ1) is 5.38. The molecule has 0 amide bonds. The van der Waals surface area contributed by atoms with Gasteiger partial charge >= 0.3 is 0 Å². The Hall–Kier alpha value is -0.0800. The Morgan fingerprint density at radius 2 is 2.09 bits per heavy atom. The van der Waals surface area contributed by atoms with Gasteiger partial charge in [-0.2, -0.15) is 0 Å². The lowest BCUT2D eigenvalue weighted by Gasteiger charge is -2.37. The van der Waals surface area contributed by atoms with Crippen molar-refractivity contribution in [1.29, 1.82) is 0 Å². The second-order valence-corrected chi connectivity index (χ2v) is 3.34. The maximum absolute atomic E-state index is 8.79. The summed E-state index contributed by atoms with van der Waals surface area (Å²) >= 11 is 0. The van der Waals surface area contributed by atoms with Gasteiger partial charge in [-0.25, -0.2) is 0 Å². The number of rotatable bonds is 5. The molecule has 0 atom stereocenters. The largest absolute Gasteiger partial charge is 0.395 e. The number of aliphatic hydroxyl groups excluding tert-OH is 1. The summed E-state index contributed by atoms with van der Waals surface area (Å²) in [6.45, 7) is 4.54. The van der Waals surface area contributed by atoms with Gasteiger partial charge in [0.25, 0.3) is 0 Å². The van der Waals surface area contributed by atoms with Gasteiger partial charge < -0.3 is 5.11 Å². The molecule has 0 aromatic rings. The van der Waals surface area contributed by atoms with Crippen molar-refractivity contribution < 1.29 is 5.11 Å². The highest BCUT2D eigenvalue weighted by molar-refractivity contribution is 4.79. The molecule has 0 unspecified atom stereocenters. The van der Waals surface area contributed by atoms with Gasteiger partial charge in [-0.1, -0.05) is 13.3 Å². The van der Waals surface area contributed by atoms with Crippen LogP contribution in [-0.4, -0.2) is 35.7 Å². The summed E-state index contributed by atoms with van der Waals surface area (Å²) in [4.78, 5) is 2.42. The molecule has 0 aromatic carbocycles. The number of nitrogens with zero attached hydrogens (tertiary/aromatic N) is 1. The molecule has 11 heavy (non-hydrogen) atoms. The molecule has 0 saturated heterocycles. The summed E-state index contributed by atoms with van der Waals surface area (Å²) in [6.07, 6.45) is 5.28. The fourth-order valence-corrected chi connectivity index (χ4v) is 1.64. The lowest BCUT2D eigenvalue weighted by molar-refractivity contribution is 0.102. The van der Waals surface area contributed by atoms with Crippen LogP contribution < -0.4 is 0 Å². The van der Waals surface area contributed by atoms with E-state index in [4.69, 9.17) is 5.11 Å². The van der Waals surface area contributed by atoms with Crippen molar-refractivity contribution in [1.82, 2.24) is 4.90 Å². The second kappa shape index (κ2) is 4.73. The first kappa shape index (κ1) is 9.01. The third kappa shape index (κ3) is 2.46. The lowest BCUT2D eigenvalue weighted by atomic mass is 9.91. The number of hydrogen-bond acceptors (Lipinski definition) is 2. The monoisotopic (exact) mass is 157 g/mol. The molecule has 0 bridgehead atoms. The molecule has 1 saturated carbocycles. The number of aliphatic hydroxyl groups is 1. The zero-order valence-electron chi connectivity index (χ0n) is 7.42. The fourth-order valence-electron chi connectivity index (χ4n) is 1.64. The summed E-state index contributed by atoms with van der Waals surface area (Å²) in [5.74, 6) is 0. The van der Waals surface area contributed by atoms with Gasteiger partial charge in [0.2, 0.25) is 0 Å². The predicted molar refractivity (Wildman–Crippen MR) is 46.6 cm³/mol. The fraction of sp³-hybridized carbons (Fsp3) is 1.00. The molecule has 1 fully saturated rings. The van der Waals surface area contributed by atoms with E-state index in [0.717, 1.165) is 19.1 Å². The van der Waals surface area contributed by atoms with Crippen LogP contribution in [0.1, 0.15) is 32.6 Å². The zero-order chi connectivity index (χ0) is 8.10. The first-order valence-electron chi connectivity index (χ1n) is 4.73. The summed E-state index contributed by atoms with van der Waals surface area (Å²) in [5, 5.41) is 8.79. The van der Waals surface area contributed by atoms with Gasteiger partial charge in [0.15, 0.2) is 0 Å². The SMILES string of the molecule is CCCN(CCO)C1CCC1. The van der Waals surface area contributed by atoms with Crippen molar-refractivity contribution in [3.63, 3.8) is 0 Å². The van der Waals surface area contributed by atoms with Crippen molar-refractivity contribution in [3.8, 4) is 0 Å². The predicted octanol–water partition coefficient (Wildman–Crippen LogP) is 1.24. The molecule has 1 aliphatic carbocycles. The zero-order valence-corrected chi connectivity index (χ0v) is 7.42. The Balaban J connectivity index is 2.19. The van der Waals surface area contributed by atoms with Crippen molar-refractivity contribution in [2.45, 2.75) is 38.6 Å². The van der Waals surface area contributed by atoms with Gasteiger partial charge in [0, 0.05) is 12.6 Å².